The molecule has 0 aliphatic heterocycles. The average molecular weight is 257 g/mol. The van der Waals surface area contributed by atoms with E-state index in [0.717, 1.165) is 11.5 Å². The second kappa shape index (κ2) is 4.55. The van der Waals surface area contributed by atoms with Crippen molar-refractivity contribution >= 4 is 21.4 Å². The highest BCUT2D eigenvalue weighted by atomic mass is 32.1. The lowest BCUT2D eigenvalue weighted by Gasteiger charge is -2.05. The van der Waals surface area contributed by atoms with Gasteiger partial charge in [0.2, 0.25) is 0 Å². The van der Waals surface area contributed by atoms with Gasteiger partial charge in [-0.2, -0.15) is 0 Å². The average Bonchev–Trinajstić information content (AvgIpc) is 3.03. The predicted octanol–water partition coefficient (Wildman–Crippen LogP) is 3.57. The van der Waals surface area contributed by atoms with Crippen LogP contribution in [0.15, 0.2) is 35.8 Å². The van der Waals surface area contributed by atoms with Crippen LogP contribution >= 0.6 is 11.3 Å². The van der Waals surface area contributed by atoms with Crippen LogP contribution in [-0.4, -0.2) is 17.0 Å². The largest absolute Gasteiger partial charge is 0.341 e. The molecular formula is C14H15N3S. The maximum absolute atomic E-state index is 4.49. The lowest BCUT2D eigenvalue weighted by molar-refractivity contribution is 0.637. The van der Waals surface area contributed by atoms with E-state index in [2.05, 4.69) is 51.9 Å². The Morgan fingerprint density at radius 3 is 3.00 bits per heavy atom. The van der Waals surface area contributed by atoms with Crippen LogP contribution in [0.1, 0.15) is 18.7 Å². The molecule has 3 rings (SSSR count). The summed E-state index contributed by atoms with van der Waals surface area (Å²) in [5.41, 5.74) is 2.30. The highest BCUT2D eigenvalue weighted by Gasteiger charge is 2.11. The fourth-order valence-corrected chi connectivity index (χ4v) is 2.95. The number of thiophene rings is 1. The third kappa shape index (κ3) is 1.83. The van der Waals surface area contributed by atoms with E-state index in [-0.39, 0.29) is 6.04 Å². The molecule has 18 heavy (non-hydrogen) atoms. The minimum absolute atomic E-state index is 0.288. The fourth-order valence-electron chi connectivity index (χ4n) is 2.01. The number of imidazole rings is 1. The Morgan fingerprint density at radius 2 is 2.17 bits per heavy atom. The lowest BCUT2D eigenvalue weighted by Crippen LogP contribution is -2.12. The summed E-state index contributed by atoms with van der Waals surface area (Å²) in [4.78, 5) is 7.88. The number of hydrogen-bond donors (Lipinski definition) is 2. The Morgan fingerprint density at radius 1 is 1.33 bits per heavy atom. The molecule has 2 N–H and O–H groups in total. The molecule has 1 unspecified atom stereocenters. The molecule has 0 saturated carbocycles. The summed E-state index contributed by atoms with van der Waals surface area (Å²) in [7, 11) is 1.95. The zero-order chi connectivity index (χ0) is 12.5. The zero-order valence-corrected chi connectivity index (χ0v) is 11.2. The summed E-state index contributed by atoms with van der Waals surface area (Å²) in [5.74, 6) is 0.949. The standard InChI is InChI=1S/C14H15N3S/c1-9(15-2)12-7-16-14(17-12)11-8-18-13-6-4-3-5-10(11)13/h3-9,15H,1-2H3,(H,16,17). The van der Waals surface area contributed by atoms with Crippen molar-refractivity contribution < 1.29 is 0 Å². The highest BCUT2D eigenvalue weighted by Crippen LogP contribution is 2.32. The van der Waals surface area contributed by atoms with E-state index in [9.17, 15) is 0 Å². The summed E-state index contributed by atoms with van der Waals surface area (Å²) in [5, 5.41) is 6.64. The van der Waals surface area contributed by atoms with E-state index in [1.165, 1.54) is 15.6 Å². The van der Waals surface area contributed by atoms with Gasteiger partial charge in [0.25, 0.3) is 0 Å². The van der Waals surface area contributed by atoms with E-state index in [4.69, 9.17) is 0 Å². The molecule has 92 valence electrons. The maximum Gasteiger partial charge on any atom is 0.138 e. The van der Waals surface area contributed by atoms with Crippen LogP contribution in [0.2, 0.25) is 0 Å². The number of nitrogens with one attached hydrogen (secondary N) is 2. The first-order valence-electron chi connectivity index (χ1n) is 5.98. The first-order valence-corrected chi connectivity index (χ1v) is 6.86. The number of benzene rings is 1. The molecule has 4 heteroatoms. The molecule has 3 nitrogen and oxygen atoms in total. The zero-order valence-electron chi connectivity index (χ0n) is 10.4. The Labute approximate surface area is 110 Å². The van der Waals surface area contributed by atoms with Gasteiger partial charge in [-0.15, -0.1) is 11.3 Å². The van der Waals surface area contributed by atoms with Gasteiger partial charge in [0.1, 0.15) is 5.82 Å². The van der Waals surface area contributed by atoms with Crippen LogP contribution in [0.4, 0.5) is 0 Å². The molecule has 0 saturated heterocycles. The van der Waals surface area contributed by atoms with Gasteiger partial charge in [0.15, 0.2) is 0 Å². The molecule has 2 heterocycles. The lowest BCUT2D eigenvalue weighted by atomic mass is 10.2. The SMILES string of the molecule is CNC(C)c1cnc(-c2csc3ccccc23)[nH]1. The minimum Gasteiger partial charge on any atom is -0.341 e. The van der Waals surface area contributed by atoms with Crippen molar-refractivity contribution in [3.8, 4) is 11.4 Å². The van der Waals surface area contributed by atoms with Gasteiger partial charge in [-0.05, 0) is 20.0 Å². The van der Waals surface area contributed by atoms with Crippen LogP contribution in [0.3, 0.4) is 0 Å². The summed E-state index contributed by atoms with van der Waals surface area (Å²) >= 11 is 1.76. The third-order valence-electron chi connectivity index (χ3n) is 3.23. The van der Waals surface area contributed by atoms with Gasteiger partial charge < -0.3 is 10.3 Å². The highest BCUT2D eigenvalue weighted by molar-refractivity contribution is 7.17. The van der Waals surface area contributed by atoms with Crippen molar-refractivity contribution in [3.63, 3.8) is 0 Å². The molecule has 0 amide bonds. The van der Waals surface area contributed by atoms with Crippen molar-refractivity contribution in [2.45, 2.75) is 13.0 Å². The van der Waals surface area contributed by atoms with Crippen molar-refractivity contribution in [2.75, 3.05) is 7.05 Å². The number of fused-ring (bicyclic) bond motifs is 1. The molecule has 3 aromatic rings. The Balaban J connectivity index is 2.07. The molecule has 0 radical (unpaired) electrons. The Kier molecular flexibility index (Phi) is 2.89. The van der Waals surface area contributed by atoms with Crippen molar-refractivity contribution in [1.29, 1.82) is 0 Å². The Bertz CT molecular complexity index is 668. The van der Waals surface area contributed by atoms with Gasteiger partial charge in [-0.3, -0.25) is 0 Å². The number of aromatic amines is 1. The summed E-state index contributed by atoms with van der Waals surface area (Å²) in [6.45, 7) is 2.11. The van der Waals surface area contributed by atoms with E-state index in [1.54, 1.807) is 11.3 Å². The molecule has 0 aliphatic rings. The molecule has 0 fully saturated rings. The quantitative estimate of drug-likeness (QED) is 0.753. The molecule has 0 spiro atoms. The number of rotatable bonds is 3. The first-order chi connectivity index (χ1) is 8.79. The monoisotopic (exact) mass is 257 g/mol. The first kappa shape index (κ1) is 11.4. The van der Waals surface area contributed by atoms with E-state index in [1.807, 2.05) is 13.2 Å². The molecule has 2 aromatic heterocycles. The van der Waals surface area contributed by atoms with Crippen LogP contribution in [0, 0.1) is 0 Å². The minimum atomic E-state index is 0.288. The smallest absolute Gasteiger partial charge is 0.138 e. The van der Waals surface area contributed by atoms with Gasteiger partial charge in [0, 0.05) is 27.1 Å². The van der Waals surface area contributed by atoms with Crippen LogP contribution in [0.5, 0.6) is 0 Å². The second-order valence-electron chi connectivity index (χ2n) is 4.34. The van der Waals surface area contributed by atoms with Crippen molar-refractivity contribution in [2.24, 2.45) is 0 Å². The summed E-state index contributed by atoms with van der Waals surface area (Å²) < 4.78 is 1.30. The molecule has 0 bridgehead atoms. The van der Waals surface area contributed by atoms with E-state index >= 15 is 0 Å². The normalized spacial score (nSPS) is 13.0. The van der Waals surface area contributed by atoms with Crippen LogP contribution in [-0.2, 0) is 0 Å². The number of H-pyrrole nitrogens is 1. The van der Waals surface area contributed by atoms with Gasteiger partial charge in [-0.25, -0.2) is 4.98 Å². The van der Waals surface area contributed by atoms with Crippen LogP contribution in [0.25, 0.3) is 21.5 Å². The second-order valence-corrected chi connectivity index (χ2v) is 5.25. The van der Waals surface area contributed by atoms with Gasteiger partial charge >= 0.3 is 0 Å². The number of aromatic nitrogens is 2. The topological polar surface area (TPSA) is 40.7 Å². The Hall–Kier alpha value is -1.65. The molecule has 1 aromatic carbocycles. The third-order valence-corrected chi connectivity index (χ3v) is 4.19. The summed E-state index contributed by atoms with van der Waals surface area (Å²) in [6, 6.07) is 8.71. The molecule has 0 aliphatic carbocycles. The van der Waals surface area contributed by atoms with Crippen molar-refractivity contribution in [3.05, 3.63) is 41.5 Å². The van der Waals surface area contributed by atoms with E-state index < -0.39 is 0 Å². The number of nitrogens with zero attached hydrogens (tertiary/aromatic N) is 1. The van der Waals surface area contributed by atoms with E-state index in [0.29, 0.717) is 0 Å². The fraction of sp³-hybridized carbons (Fsp3) is 0.214. The summed E-state index contributed by atoms with van der Waals surface area (Å²) in [6.07, 6.45) is 1.91. The predicted molar refractivity (Wildman–Crippen MR) is 76.9 cm³/mol. The van der Waals surface area contributed by atoms with Gasteiger partial charge in [0.05, 0.1) is 11.9 Å². The van der Waals surface area contributed by atoms with Crippen LogP contribution < -0.4 is 5.32 Å². The van der Waals surface area contributed by atoms with Crippen molar-refractivity contribution in [1.82, 2.24) is 15.3 Å². The number of hydrogen-bond acceptors (Lipinski definition) is 3. The molecule has 1 atom stereocenters. The van der Waals surface area contributed by atoms with Gasteiger partial charge in [-0.1, -0.05) is 18.2 Å². The molecular weight excluding hydrogens is 242 g/mol. The maximum atomic E-state index is 4.49.